The molecule has 1 aromatic carbocycles. The van der Waals surface area contributed by atoms with Crippen LogP contribution in [0.1, 0.15) is 29.6 Å². The summed E-state index contributed by atoms with van der Waals surface area (Å²) in [5.41, 5.74) is 0.146. The average Bonchev–Trinajstić information content (AvgIpc) is 2.48. The molecule has 0 saturated carbocycles. The van der Waals surface area contributed by atoms with Gasteiger partial charge in [0.05, 0.1) is 19.1 Å². The first-order chi connectivity index (χ1) is 10.0. The van der Waals surface area contributed by atoms with E-state index in [9.17, 15) is 9.59 Å². The highest BCUT2D eigenvalue weighted by Gasteiger charge is 2.43. The van der Waals surface area contributed by atoms with E-state index in [-0.39, 0.29) is 11.9 Å². The molecule has 112 valence electrons. The van der Waals surface area contributed by atoms with Gasteiger partial charge in [-0.25, -0.2) is 4.79 Å². The number of carbonyl (C=O) groups is 2. The molecular weight excluding hydrogens is 338 g/mol. The Hall–Kier alpha value is -1.56. The Labute approximate surface area is 131 Å². The van der Waals surface area contributed by atoms with Crippen molar-refractivity contribution in [3.8, 4) is 5.75 Å². The zero-order valence-corrected chi connectivity index (χ0v) is 13.3. The van der Waals surface area contributed by atoms with Crippen LogP contribution in [-0.2, 0) is 4.74 Å². The molecule has 2 aliphatic rings. The van der Waals surface area contributed by atoms with Gasteiger partial charge in [0, 0.05) is 30.4 Å². The van der Waals surface area contributed by atoms with E-state index in [1.807, 2.05) is 12.1 Å². The molecule has 3 rings (SSSR count). The molecule has 2 heterocycles. The number of hydrogen-bond acceptors (Lipinski definition) is 4. The number of Topliss-reactive ketones (excluding diaryl/α,β-unsaturated/α-hetero) is 1. The lowest BCUT2D eigenvalue weighted by atomic mass is 9.82. The van der Waals surface area contributed by atoms with Gasteiger partial charge in [0.2, 0.25) is 0 Å². The van der Waals surface area contributed by atoms with Crippen LogP contribution in [-0.4, -0.2) is 42.6 Å². The molecule has 1 aromatic rings. The number of nitrogens with zero attached hydrogens (tertiary/aromatic N) is 1. The molecule has 1 saturated heterocycles. The van der Waals surface area contributed by atoms with E-state index in [2.05, 4.69) is 15.9 Å². The van der Waals surface area contributed by atoms with Crippen LogP contribution in [0.25, 0.3) is 0 Å². The third-order valence-electron chi connectivity index (χ3n) is 4.16. The highest BCUT2D eigenvalue weighted by molar-refractivity contribution is 9.10. The van der Waals surface area contributed by atoms with Gasteiger partial charge in [0.25, 0.3) is 0 Å². The minimum atomic E-state index is -0.484. The molecule has 0 atom stereocenters. The van der Waals surface area contributed by atoms with Crippen LogP contribution < -0.4 is 4.74 Å². The standard InChI is InChI=1S/C15H16BrNO4/c1-20-14(19)17-6-4-15(5-7-17)9-12(18)11-8-10(16)2-3-13(11)21-15/h2-3,8H,4-7,9H2,1H3. The Balaban J connectivity index is 1.79. The average molecular weight is 354 g/mol. The third-order valence-corrected chi connectivity index (χ3v) is 4.65. The van der Waals surface area contributed by atoms with Crippen LogP contribution in [0.5, 0.6) is 5.75 Å². The lowest BCUT2D eigenvalue weighted by Gasteiger charge is -2.43. The Bertz CT molecular complexity index is 593. The lowest BCUT2D eigenvalue weighted by molar-refractivity contribution is -0.00708. The van der Waals surface area contributed by atoms with Gasteiger partial charge in [0.15, 0.2) is 5.78 Å². The fourth-order valence-corrected chi connectivity index (χ4v) is 3.33. The van der Waals surface area contributed by atoms with Crippen LogP contribution in [0.15, 0.2) is 22.7 Å². The summed E-state index contributed by atoms with van der Waals surface area (Å²) >= 11 is 3.37. The van der Waals surface area contributed by atoms with Gasteiger partial charge in [-0.15, -0.1) is 0 Å². The van der Waals surface area contributed by atoms with E-state index in [0.717, 1.165) is 4.47 Å². The van der Waals surface area contributed by atoms with Crippen molar-refractivity contribution in [2.45, 2.75) is 24.9 Å². The molecule has 0 aromatic heterocycles. The summed E-state index contributed by atoms with van der Waals surface area (Å²) in [6, 6.07) is 5.49. The topological polar surface area (TPSA) is 55.8 Å². The number of ketones is 1. The number of ether oxygens (including phenoxy) is 2. The third kappa shape index (κ3) is 2.64. The number of carbonyl (C=O) groups excluding carboxylic acids is 2. The number of methoxy groups -OCH3 is 1. The van der Waals surface area contributed by atoms with Crippen molar-refractivity contribution in [3.05, 3.63) is 28.2 Å². The summed E-state index contributed by atoms with van der Waals surface area (Å²) in [6.45, 7) is 1.09. The highest BCUT2D eigenvalue weighted by atomic mass is 79.9. The molecule has 1 amide bonds. The maximum absolute atomic E-state index is 12.4. The second-order valence-corrected chi connectivity index (χ2v) is 6.40. The minimum absolute atomic E-state index is 0.101. The Morgan fingerprint density at radius 2 is 2.10 bits per heavy atom. The normalized spacial score (nSPS) is 19.9. The van der Waals surface area contributed by atoms with Crippen molar-refractivity contribution in [1.82, 2.24) is 4.90 Å². The van der Waals surface area contributed by atoms with Gasteiger partial charge in [-0.2, -0.15) is 0 Å². The zero-order chi connectivity index (χ0) is 15.0. The lowest BCUT2D eigenvalue weighted by Crippen LogP contribution is -2.52. The summed E-state index contributed by atoms with van der Waals surface area (Å²) < 4.78 is 11.7. The number of benzene rings is 1. The van der Waals surface area contributed by atoms with E-state index in [1.54, 1.807) is 11.0 Å². The van der Waals surface area contributed by atoms with Crippen LogP contribution in [0, 0.1) is 0 Å². The molecule has 0 unspecified atom stereocenters. The molecule has 0 N–H and O–H groups in total. The van der Waals surface area contributed by atoms with Gasteiger partial charge in [0.1, 0.15) is 11.4 Å². The molecule has 0 bridgehead atoms. The smallest absolute Gasteiger partial charge is 0.409 e. The van der Waals surface area contributed by atoms with E-state index in [1.165, 1.54) is 7.11 Å². The SMILES string of the molecule is COC(=O)N1CCC2(CC1)CC(=O)c1cc(Br)ccc1O2. The number of piperidine rings is 1. The van der Waals surface area contributed by atoms with Crippen LogP contribution in [0.3, 0.4) is 0 Å². The van der Waals surface area contributed by atoms with Crippen molar-refractivity contribution in [2.75, 3.05) is 20.2 Å². The fraction of sp³-hybridized carbons (Fsp3) is 0.467. The molecular formula is C15H16BrNO4. The Morgan fingerprint density at radius 3 is 2.76 bits per heavy atom. The Morgan fingerprint density at radius 1 is 1.38 bits per heavy atom. The monoisotopic (exact) mass is 353 g/mol. The quantitative estimate of drug-likeness (QED) is 0.719. The number of hydrogen-bond donors (Lipinski definition) is 0. The molecule has 0 radical (unpaired) electrons. The first-order valence-corrected chi connectivity index (χ1v) is 7.67. The first-order valence-electron chi connectivity index (χ1n) is 6.88. The van der Waals surface area contributed by atoms with E-state index in [4.69, 9.17) is 9.47 Å². The summed E-state index contributed by atoms with van der Waals surface area (Å²) in [5, 5.41) is 0. The van der Waals surface area contributed by atoms with E-state index >= 15 is 0 Å². The first kappa shape index (κ1) is 14.4. The van der Waals surface area contributed by atoms with Crippen LogP contribution >= 0.6 is 15.9 Å². The molecule has 0 aliphatic carbocycles. The summed E-state index contributed by atoms with van der Waals surface area (Å²) in [7, 11) is 1.38. The second kappa shape index (κ2) is 5.33. The molecule has 1 spiro atoms. The number of amides is 1. The van der Waals surface area contributed by atoms with Crippen molar-refractivity contribution in [2.24, 2.45) is 0 Å². The molecule has 1 fully saturated rings. The second-order valence-electron chi connectivity index (χ2n) is 5.48. The van der Waals surface area contributed by atoms with Gasteiger partial charge < -0.3 is 14.4 Å². The number of halogens is 1. The number of likely N-dealkylation sites (tertiary alicyclic amines) is 1. The zero-order valence-electron chi connectivity index (χ0n) is 11.7. The molecule has 21 heavy (non-hydrogen) atoms. The minimum Gasteiger partial charge on any atom is -0.486 e. The van der Waals surface area contributed by atoms with E-state index in [0.29, 0.717) is 43.7 Å². The predicted octanol–water partition coefficient (Wildman–Crippen LogP) is 3.02. The van der Waals surface area contributed by atoms with Crippen LogP contribution in [0.4, 0.5) is 4.79 Å². The Kier molecular flexibility index (Phi) is 3.65. The molecule has 2 aliphatic heterocycles. The predicted molar refractivity (Wildman–Crippen MR) is 79.7 cm³/mol. The summed E-state index contributed by atoms with van der Waals surface area (Å²) in [5.74, 6) is 0.741. The van der Waals surface area contributed by atoms with Gasteiger partial charge in [-0.3, -0.25) is 4.79 Å². The molecule has 6 heteroatoms. The largest absolute Gasteiger partial charge is 0.486 e. The maximum Gasteiger partial charge on any atom is 0.409 e. The maximum atomic E-state index is 12.4. The van der Waals surface area contributed by atoms with Gasteiger partial charge in [-0.05, 0) is 18.2 Å². The fourth-order valence-electron chi connectivity index (χ4n) is 2.97. The van der Waals surface area contributed by atoms with Crippen molar-refractivity contribution < 1.29 is 19.1 Å². The molecule has 5 nitrogen and oxygen atoms in total. The number of rotatable bonds is 0. The van der Waals surface area contributed by atoms with Crippen molar-refractivity contribution >= 4 is 27.8 Å². The van der Waals surface area contributed by atoms with E-state index < -0.39 is 5.60 Å². The summed E-state index contributed by atoms with van der Waals surface area (Å²) in [4.78, 5) is 25.6. The van der Waals surface area contributed by atoms with Crippen molar-refractivity contribution in [3.63, 3.8) is 0 Å². The summed E-state index contributed by atoms with van der Waals surface area (Å²) in [6.07, 6.45) is 1.33. The highest BCUT2D eigenvalue weighted by Crippen LogP contribution is 2.40. The van der Waals surface area contributed by atoms with Gasteiger partial charge in [-0.1, -0.05) is 15.9 Å². The van der Waals surface area contributed by atoms with Crippen molar-refractivity contribution in [1.29, 1.82) is 0 Å². The number of fused-ring (bicyclic) bond motifs is 1. The van der Waals surface area contributed by atoms with Gasteiger partial charge >= 0.3 is 6.09 Å². The van der Waals surface area contributed by atoms with Crippen LogP contribution in [0.2, 0.25) is 0 Å².